The number of hydrogen-bond acceptors (Lipinski definition) is 4. The van der Waals surface area contributed by atoms with Crippen LogP contribution in [-0.4, -0.2) is 35.3 Å². The van der Waals surface area contributed by atoms with Crippen LogP contribution in [0, 0.1) is 11.7 Å². The van der Waals surface area contributed by atoms with E-state index in [1.807, 2.05) is 0 Å². The van der Waals surface area contributed by atoms with Gasteiger partial charge >= 0.3 is 6.18 Å². The van der Waals surface area contributed by atoms with Crippen molar-refractivity contribution in [3.05, 3.63) is 93.8 Å². The minimum Gasteiger partial charge on any atom is -0.263 e. The molecule has 1 heterocycles. The monoisotopic (exact) mass is 628 g/mol. The van der Waals surface area contributed by atoms with Gasteiger partial charge in [-0.2, -0.15) is 17.6 Å². The molecule has 2 atom stereocenters. The summed E-state index contributed by atoms with van der Waals surface area (Å²) in [5.74, 6) is -1.25. The van der Waals surface area contributed by atoms with Crippen LogP contribution < -0.4 is 4.31 Å². The number of nitrogens with zero attached hydrogens (tertiary/aromatic N) is 2. The van der Waals surface area contributed by atoms with E-state index in [-0.39, 0.29) is 22.7 Å². The van der Waals surface area contributed by atoms with E-state index in [0.717, 1.165) is 35.0 Å². The molecule has 0 N–H and O–H groups in total. The quantitative estimate of drug-likeness (QED) is 0.170. The summed E-state index contributed by atoms with van der Waals surface area (Å²) in [6.45, 7) is 3.17. The Morgan fingerprint density at radius 3 is 2.37 bits per heavy atom. The number of rotatable bonds is 6. The summed E-state index contributed by atoms with van der Waals surface area (Å²) in [7, 11) is -8.36. The number of allylic oxidation sites excluding steroid dienone is 1. The van der Waals surface area contributed by atoms with Gasteiger partial charge in [0.1, 0.15) is 5.82 Å². The number of fused-ring (bicyclic) bond motifs is 1. The van der Waals surface area contributed by atoms with Crippen molar-refractivity contribution in [2.24, 2.45) is 10.3 Å². The highest BCUT2D eigenvalue weighted by Crippen LogP contribution is 2.40. The first-order chi connectivity index (χ1) is 19.0. The van der Waals surface area contributed by atoms with Crippen molar-refractivity contribution in [1.29, 1.82) is 0 Å². The van der Waals surface area contributed by atoms with Crippen molar-refractivity contribution in [2.75, 3.05) is 10.6 Å². The molecule has 1 aliphatic heterocycles. The molecule has 0 amide bonds. The van der Waals surface area contributed by atoms with Crippen LogP contribution in [0.2, 0.25) is 5.02 Å². The molecule has 0 saturated carbocycles. The zero-order valence-electron chi connectivity index (χ0n) is 22.0. The van der Waals surface area contributed by atoms with Gasteiger partial charge in [-0.15, -0.1) is 0 Å². The first kappa shape index (κ1) is 30.7. The second-order valence-electron chi connectivity index (χ2n) is 9.73. The Kier molecular flexibility index (Phi) is 8.41. The number of benzene rings is 3. The topological polar surface area (TPSA) is 83.9 Å². The molecule has 0 saturated heterocycles. The van der Waals surface area contributed by atoms with E-state index in [2.05, 4.69) is 4.40 Å². The van der Waals surface area contributed by atoms with Crippen molar-refractivity contribution in [1.82, 2.24) is 0 Å². The third-order valence-electron chi connectivity index (χ3n) is 6.69. The van der Waals surface area contributed by atoms with Gasteiger partial charge in [-0.3, -0.25) is 4.31 Å². The Morgan fingerprint density at radius 1 is 1.05 bits per heavy atom. The third-order valence-corrected chi connectivity index (χ3v) is 9.41. The van der Waals surface area contributed by atoms with Crippen LogP contribution in [0.25, 0.3) is 11.6 Å². The van der Waals surface area contributed by atoms with Gasteiger partial charge in [-0.05, 0) is 73.4 Å². The van der Waals surface area contributed by atoms with Gasteiger partial charge in [-0.1, -0.05) is 41.9 Å². The highest BCUT2D eigenvalue weighted by molar-refractivity contribution is 7.93. The number of alkyl halides is 3. The molecule has 1 unspecified atom stereocenters. The molecule has 1 aliphatic rings. The molecule has 0 bridgehead atoms. The molecule has 218 valence electrons. The van der Waals surface area contributed by atoms with E-state index in [0.29, 0.717) is 22.8 Å². The largest absolute Gasteiger partial charge is 0.416 e. The molecular formula is C28H25ClF4N2O4S2. The fraction of sp³-hybridized carbons (Fsp3) is 0.250. The highest BCUT2D eigenvalue weighted by atomic mass is 35.5. The summed E-state index contributed by atoms with van der Waals surface area (Å²) in [6.07, 6.45) is -0.903. The molecule has 0 spiro atoms. The second-order valence-corrected chi connectivity index (χ2v) is 13.6. The maximum Gasteiger partial charge on any atom is 0.416 e. The summed E-state index contributed by atoms with van der Waals surface area (Å²) < 4.78 is 111. The van der Waals surface area contributed by atoms with Gasteiger partial charge in [-0.25, -0.2) is 21.2 Å². The van der Waals surface area contributed by atoms with Crippen LogP contribution in [0.5, 0.6) is 0 Å². The maximum atomic E-state index is 14.5. The molecule has 41 heavy (non-hydrogen) atoms. The normalized spacial score (nSPS) is 18.5. The van der Waals surface area contributed by atoms with Crippen molar-refractivity contribution in [2.45, 2.75) is 37.4 Å². The lowest BCUT2D eigenvalue weighted by Crippen LogP contribution is -2.47. The molecular weight excluding hydrogens is 604 g/mol. The maximum absolute atomic E-state index is 14.5. The molecule has 0 aliphatic carbocycles. The van der Waals surface area contributed by atoms with Gasteiger partial charge in [0, 0.05) is 17.7 Å². The molecule has 3 aromatic carbocycles. The first-order valence-electron chi connectivity index (χ1n) is 12.2. The van der Waals surface area contributed by atoms with Crippen LogP contribution in [0.15, 0.2) is 70.0 Å². The Bertz CT molecular complexity index is 1750. The molecule has 0 aromatic heterocycles. The van der Waals surface area contributed by atoms with E-state index < -0.39 is 54.5 Å². The van der Waals surface area contributed by atoms with E-state index in [9.17, 15) is 34.4 Å². The van der Waals surface area contributed by atoms with Crippen molar-refractivity contribution in [3.8, 4) is 0 Å². The minimum absolute atomic E-state index is 0.172. The van der Waals surface area contributed by atoms with E-state index in [1.54, 1.807) is 31.2 Å². The predicted octanol–water partition coefficient (Wildman–Crippen LogP) is 6.84. The van der Waals surface area contributed by atoms with E-state index >= 15 is 0 Å². The Labute approximate surface area is 241 Å². The fourth-order valence-electron chi connectivity index (χ4n) is 4.72. The predicted molar refractivity (Wildman–Crippen MR) is 152 cm³/mol. The summed E-state index contributed by atoms with van der Waals surface area (Å²) in [5, 5.41) is 0.187. The molecule has 0 radical (unpaired) electrons. The van der Waals surface area contributed by atoms with Crippen molar-refractivity contribution < 1.29 is 34.4 Å². The zero-order valence-corrected chi connectivity index (χ0v) is 24.4. The van der Waals surface area contributed by atoms with Crippen LogP contribution in [-0.2, 0) is 32.6 Å². The Hall–Kier alpha value is -3.22. The fourth-order valence-corrected chi connectivity index (χ4v) is 7.19. The molecule has 13 heteroatoms. The van der Waals surface area contributed by atoms with Gasteiger partial charge in [0.05, 0.1) is 33.5 Å². The number of halogens is 5. The smallest absolute Gasteiger partial charge is 0.263 e. The summed E-state index contributed by atoms with van der Waals surface area (Å²) in [6, 6.07) is 11.6. The minimum atomic E-state index is -4.77. The van der Waals surface area contributed by atoms with Crippen LogP contribution >= 0.6 is 11.6 Å². The lowest BCUT2D eigenvalue weighted by Gasteiger charge is -2.40. The molecule has 0 fully saturated rings. The SMILES string of the molecule is C/C(=C\c1ccc2c(c1)N(S(=O)(=O)c1cccc(C(F)(F)F)c1)[C@H](C)C(C=NS(C)(=O)=O)C2)c1c(F)cccc1Cl. The van der Waals surface area contributed by atoms with Gasteiger partial charge in [0.15, 0.2) is 0 Å². The average molecular weight is 629 g/mol. The third kappa shape index (κ3) is 6.65. The molecule has 4 rings (SSSR count). The lowest BCUT2D eigenvalue weighted by molar-refractivity contribution is -0.137. The van der Waals surface area contributed by atoms with E-state index in [4.69, 9.17) is 11.6 Å². The summed E-state index contributed by atoms with van der Waals surface area (Å²) in [5.41, 5.74) is 0.684. The second kappa shape index (κ2) is 11.2. The number of anilines is 1. The molecule has 3 aromatic rings. The highest BCUT2D eigenvalue weighted by Gasteiger charge is 2.40. The summed E-state index contributed by atoms with van der Waals surface area (Å²) >= 11 is 6.19. The van der Waals surface area contributed by atoms with Crippen LogP contribution in [0.4, 0.5) is 23.2 Å². The number of sulfonamides is 2. The summed E-state index contributed by atoms with van der Waals surface area (Å²) in [4.78, 5) is -0.582. The standard InChI is InChI=1S/C28H25ClF4N2O4S2/c1-17(27-24(29)8-5-9-25(27)30)12-19-10-11-20-14-21(16-34-40(3,36)37)18(2)35(26(20)13-19)41(38,39)23-7-4-6-22(15-23)28(31,32)33/h4-13,15-16,18,21H,14H2,1-3H3/b17-12+,34-16?/t18-,21?/m1/s1. The Balaban J connectivity index is 1.89. The lowest BCUT2D eigenvalue weighted by atomic mass is 9.88. The van der Waals surface area contributed by atoms with Gasteiger partial charge in [0.25, 0.3) is 10.0 Å². The first-order valence-corrected chi connectivity index (χ1v) is 15.9. The zero-order chi connectivity index (χ0) is 30.3. The van der Waals surface area contributed by atoms with Crippen LogP contribution in [0.1, 0.15) is 36.1 Å². The number of hydrogen-bond donors (Lipinski definition) is 0. The van der Waals surface area contributed by atoms with Gasteiger partial charge in [0.2, 0.25) is 10.0 Å². The Morgan fingerprint density at radius 2 is 1.73 bits per heavy atom. The van der Waals surface area contributed by atoms with Gasteiger partial charge < -0.3 is 0 Å². The van der Waals surface area contributed by atoms with Crippen LogP contribution in [0.3, 0.4) is 0 Å². The van der Waals surface area contributed by atoms with E-state index in [1.165, 1.54) is 25.1 Å². The van der Waals surface area contributed by atoms with Crippen molar-refractivity contribution >= 4 is 55.2 Å². The average Bonchev–Trinajstić information content (AvgIpc) is 2.86. The van der Waals surface area contributed by atoms with Crippen molar-refractivity contribution in [3.63, 3.8) is 0 Å². The molecule has 6 nitrogen and oxygen atoms in total.